The summed E-state index contributed by atoms with van der Waals surface area (Å²) in [5.41, 5.74) is 0.341. The number of halogens is 1. The number of sulfonamides is 1. The van der Waals surface area contributed by atoms with E-state index in [1.54, 1.807) is 25.1 Å². The first-order valence-corrected chi connectivity index (χ1v) is 9.04. The smallest absolute Gasteiger partial charge is 0.238 e. The van der Waals surface area contributed by atoms with Crippen molar-refractivity contribution in [3.05, 3.63) is 54.3 Å². The number of anilines is 1. The van der Waals surface area contributed by atoms with Gasteiger partial charge in [0.25, 0.3) is 0 Å². The number of hydrogen-bond donors (Lipinski definition) is 2. The van der Waals surface area contributed by atoms with E-state index in [9.17, 15) is 17.6 Å². The SMILES string of the molecule is C[C@@H](Sc1ccc(F)cc1)C(=O)Nc1cccc(S(N)(=O)=O)c1. The van der Waals surface area contributed by atoms with Crippen LogP contribution in [-0.4, -0.2) is 19.6 Å². The number of nitrogens with one attached hydrogen (secondary N) is 1. The van der Waals surface area contributed by atoms with E-state index < -0.39 is 15.3 Å². The molecule has 0 fully saturated rings. The number of carbonyl (C=O) groups is 1. The maximum Gasteiger partial charge on any atom is 0.238 e. The molecule has 0 aliphatic rings. The second-order valence-electron chi connectivity index (χ2n) is 4.78. The van der Waals surface area contributed by atoms with Gasteiger partial charge in [-0.2, -0.15) is 0 Å². The van der Waals surface area contributed by atoms with Crippen molar-refractivity contribution < 1.29 is 17.6 Å². The third-order valence-corrected chi connectivity index (χ3v) is 4.95. The zero-order valence-corrected chi connectivity index (χ0v) is 13.8. The molecule has 0 aromatic heterocycles. The van der Waals surface area contributed by atoms with Gasteiger partial charge in [0.05, 0.1) is 10.1 Å². The maximum atomic E-state index is 12.9. The first kappa shape index (κ1) is 17.5. The largest absolute Gasteiger partial charge is 0.325 e. The molecule has 1 atom stereocenters. The first-order valence-electron chi connectivity index (χ1n) is 6.61. The van der Waals surface area contributed by atoms with Crippen molar-refractivity contribution in [2.75, 3.05) is 5.32 Å². The zero-order chi connectivity index (χ0) is 17.0. The van der Waals surface area contributed by atoms with Crippen LogP contribution in [0.4, 0.5) is 10.1 Å². The molecule has 0 unspecified atom stereocenters. The minimum atomic E-state index is -3.83. The Morgan fingerprint density at radius 1 is 1.22 bits per heavy atom. The third-order valence-electron chi connectivity index (χ3n) is 2.93. The summed E-state index contributed by atoms with van der Waals surface area (Å²) in [5, 5.41) is 7.24. The van der Waals surface area contributed by atoms with Crippen molar-refractivity contribution >= 4 is 33.4 Å². The van der Waals surface area contributed by atoms with Crippen LogP contribution in [0.3, 0.4) is 0 Å². The van der Waals surface area contributed by atoms with Crippen LogP contribution >= 0.6 is 11.8 Å². The molecule has 0 bridgehead atoms. The monoisotopic (exact) mass is 354 g/mol. The van der Waals surface area contributed by atoms with Crippen LogP contribution in [0.2, 0.25) is 0 Å². The fourth-order valence-corrected chi connectivity index (χ4v) is 3.19. The molecule has 3 N–H and O–H groups in total. The lowest BCUT2D eigenvalue weighted by molar-refractivity contribution is -0.115. The summed E-state index contributed by atoms with van der Waals surface area (Å²) in [6.45, 7) is 1.70. The Morgan fingerprint density at radius 3 is 2.48 bits per heavy atom. The zero-order valence-electron chi connectivity index (χ0n) is 12.2. The van der Waals surface area contributed by atoms with E-state index >= 15 is 0 Å². The van der Waals surface area contributed by atoms with E-state index in [2.05, 4.69) is 5.32 Å². The number of amides is 1. The molecule has 2 aromatic rings. The standard InChI is InChI=1S/C15H15FN2O3S2/c1-10(22-13-7-5-11(16)6-8-13)15(19)18-12-3-2-4-14(9-12)23(17,20)21/h2-10H,1H3,(H,18,19)(H2,17,20,21)/t10-/m1/s1. The van der Waals surface area contributed by atoms with Crippen molar-refractivity contribution in [3.63, 3.8) is 0 Å². The van der Waals surface area contributed by atoms with Crippen LogP contribution in [0.1, 0.15) is 6.92 Å². The van der Waals surface area contributed by atoms with E-state index in [0.717, 1.165) is 4.90 Å². The van der Waals surface area contributed by atoms with E-state index in [1.165, 1.54) is 42.1 Å². The van der Waals surface area contributed by atoms with Crippen molar-refractivity contribution in [1.29, 1.82) is 0 Å². The Hall–Kier alpha value is -1.90. The number of benzene rings is 2. The van der Waals surface area contributed by atoms with Crippen LogP contribution in [0.25, 0.3) is 0 Å². The normalized spacial score (nSPS) is 12.7. The molecule has 0 saturated heterocycles. The predicted octanol–water partition coefficient (Wildman–Crippen LogP) is 2.59. The highest BCUT2D eigenvalue weighted by molar-refractivity contribution is 8.00. The molecule has 0 heterocycles. The second-order valence-corrected chi connectivity index (χ2v) is 7.75. The first-order chi connectivity index (χ1) is 10.8. The van der Waals surface area contributed by atoms with Crippen molar-refractivity contribution in [2.24, 2.45) is 5.14 Å². The molecule has 0 saturated carbocycles. The Labute approximate surface area is 138 Å². The van der Waals surface area contributed by atoms with Crippen molar-refractivity contribution in [2.45, 2.75) is 22.0 Å². The van der Waals surface area contributed by atoms with Crippen LogP contribution in [0.5, 0.6) is 0 Å². The number of hydrogen-bond acceptors (Lipinski definition) is 4. The molecule has 0 aliphatic heterocycles. The average Bonchev–Trinajstić information content (AvgIpc) is 2.49. The molecule has 1 amide bonds. The molecule has 23 heavy (non-hydrogen) atoms. The lowest BCUT2D eigenvalue weighted by atomic mass is 10.3. The molecular weight excluding hydrogens is 339 g/mol. The van der Waals surface area contributed by atoms with Gasteiger partial charge in [-0.25, -0.2) is 17.9 Å². The van der Waals surface area contributed by atoms with Gasteiger partial charge in [-0.15, -0.1) is 11.8 Å². The van der Waals surface area contributed by atoms with Gasteiger partial charge in [0, 0.05) is 10.6 Å². The molecule has 2 rings (SSSR count). The Morgan fingerprint density at radius 2 is 1.87 bits per heavy atom. The number of thioether (sulfide) groups is 1. The minimum Gasteiger partial charge on any atom is -0.325 e. The number of nitrogens with two attached hydrogens (primary N) is 1. The predicted molar refractivity (Wildman–Crippen MR) is 88.2 cm³/mol. The highest BCUT2D eigenvalue weighted by Gasteiger charge is 2.16. The summed E-state index contributed by atoms with van der Waals surface area (Å²) in [4.78, 5) is 12.8. The quantitative estimate of drug-likeness (QED) is 0.808. The van der Waals surface area contributed by atoms with Gasteiger partial charge in [-0.3, -0.25) is 4.79 Å². The van der Waals surface area contributed by atoms with E-state index in [1.807, 2.05) is 0 Å². The van der Waals surface area contributed by atoms with Gasteiger partial charge < -0.3 is 5.32 Å². The van der Waals surface area contributed by atoms with Gasteiger partial charge in [0.2, 0.25) is 15.9 Å². The van der Waals surface area contributed by atoms with Crippen LogP contribution in [0, 0.1) is 5.82 Å². The molecule has 0 radical (unpaired) electrons. The Bertz CT molecular complexity index is 808. The van der Waals surface area contributed by atoms with E-state index in [4.69, 9.17) is 5.14 Å². The van der Waals surface area contributed by atoms with Crippen LogP contribution in [0.15, 0.2) is 58.3 Å². The Balaban J connectivity index is 2.05. The molecule has 5 nitrogen and oxygen atoms in total. The van der Waals surface area contributed by atoms with Gasteiger partial charge >= 0.3 is 0 Å². The molecule has 0 aliphatic carbocycles. The summed E-state index contributed by atoms with van der Waals surface area (Å²) in [6, 6.07) is 11.5. The molecule has 8 heteroatoms. The second kappa shape index (κ2) is 7.12. The lowest BCUT2D eigenvalue weighted by Crippen LogP contribution is -2.22. The topological polar surface area (TPSA) is 89.3 Å². The van der Waals surface area contributed by atoms with Crippen molar-refractivity contribution in [1.82, 2.24) is 0 Å². The highest BCUT2D eigenvalue weighted by atomic mass is 32.2. The third kappa shape index (κ3) is 5.05. The molecule has 2 aromatic carbocycles. The van der Waals surface area contributed by atoms with Crippen molar-refractivity contribution in [3.8, 4) is 0 Å². The summed E-state index contributed by atoms with van der Waals surface area (Å²) in [5.74, 6) is -0.642. The fourth-order valence-electron chi connectivity index (χ4n) is 1.77. The summed E-state index contributed by atoms with van der Waals surface area (Å²) >= 11 is 1.27. The highest BCUT2D eigenvalue weighted by Crippen LogP contribution is 2.24. The number of rotatable bonds is 5. The Kier molecular flexibility index (Phi) is 5.40. The van der Waals surface area contributed by atoms with E-state index in [0.29, 0.717) is 5.69 Å². The van der Waals surface area contributed by atoms with E-state index in [-0.39, 0.29) is 16.6 Å². The summed E-state index contributed by atoms with van der Waals surface area (Å²) < 4.78 is 35.5. The molecule has 122 valence electrons. The number of primary sulfonamides is 1. The lowest BCUT2D eigenvalue weighted by Gasteiger charge is -2.12. The minimum absolute atomic E-state index is 0.0749. The summed E-state index contributed by atoms with van der Waals surface area (Å²) in [7, 11) is -3.83. The fraction of sp³-hybridized carbons (Fsp3) is 0.133. The van der Waals surface area contributed by atoms with Gasteiger partial charge in [0.15, 0.2) is 0 Å². The maximum absolute atomic E-state index is 12.9. The van der Waals surface area contributed by atoms with Crippen LogP contribution in [-0.2, 0) is 14.8 Å². The van der Waals surface area contributed by atoms with Crippen LogP contribution < -0.4 is 10.5 Å². The molecule has 0 spiro atoms. The molecular formula is C15H15FN2O3S2. The summed E-state index contributed by atoms with van der Waals surface area (Å²) in [6.07, 6.45) is 0. The average molecular weight is 354 g/mol. The van der Waals surface area contributed by atoms with Gasteiger partial charge in [0.1, 0.15) is 5.82 Å². The van der Waals surface area contributed by atoms with Gasteiger partial charge in [-0.1, -0.05) is 6.07 Å². The van der Waals surface area contributed by atoms with Gasteiger partial charge in [-0.05, 0) is 49.4 Å². The number of carbonyl (C=O) groups excluding carboxylic acids is 1.